The minimum Gasteiger partial charge on any atom is -0.504 e. The first kappa shape index (κ1) is 17.1. The molecule has 3 N–H and O–H groups in total. The molecule has 0 fully saturated rings. The van der Waals surface area contributed by atoms with Crippen molar-refractivity contribution < 1.29 is 19.7 Å². The Labute approximate surface area is 154 Å². The lowest BCUT2D eigenvalue weighted by atomic mass is 10.1. The lowest BCUT2D eigenvalue weighted by Gasteiger charge is -2.16. The number of phenols is 1. The van der Waals surface area contributed by atoms with Gasteiger partial charge in [-0.05, 0) is 30.2 Å². The third-order valence-electron chi connectivity index (χ3n) is 4.37. The molecule has 0 saturated carbocycles. The summed E-state index contributed by atoms with van der Waals surface area (Å²) in [7, 11) is 1.52. The Hall–Kier alpha value is -3.33. The number of nitrogens with one attached hydrogen (secondary N) is 1. The summed E-state index contributed by atoms with van der Waals surface area (Å²) in [6.45, 7) is 0.592. The van der Waals surface area contributed by atoms with E-state index < -0.39 is 12.3 Å². The Bertz CT molecular complexity index is 987. The molecule has 1 aliphatic rings. The van der Waals surface area contributed by atoms with Gasteiger partial charge >= 0.3 is 0 Å². The van der Waals surface area contributed by atoms with E-state index in [-0.39, 0.29) is 5.75 Å². The van der Waals surface area contributed by atoms with Gasteiger partial charge in [0.2, 0.25) is 6.23 Å². The van der Waals surface area contributed by atoms with E-state index in [9.17, 15) is 10.2 Å². The topological polar surface area (TPSA) is 115 Å². The normalized spacial score (nSPS) is 18.6. The summed E-state index contributed by atoms with van der Waals surface area (Å²) in [6.07, 6.45) is 5.39. The number of aromatic nitrogens is 4. The Morgan fingerprint density at radius 2 is 2.19 bits per heavy atom. The highest BCUT2D eigenvalue weighted by Gasteiger charge is 2.26. The average molecular weight is 369 g/mol. The highest BCUT2D eigenvalue weighted by Crippen LogP contribution is 2.28. The molecule has 0 spiro atoms. The first-order valence-corrected chi connectivity index (χ1v) is 8.45. The number of anilines is 1. The zero-order chi connectivity index (χ0) is 18.8. The van der Waals surface area contributed by atoms with Crippen molar-refractivity contribution in [2.24, 2.45) is 0 Å². The van der Waals surface area contributed by atoms with Gasteiger partial charge in [-0.1, -0.05) is 6.07 Å². The number of aromatic hydroxyl groups is 1. The summed E-state index contributed by atoms with van der Waals surface area (Å²) in [5.74, 6) is 1.15. The monoisotopic (exact) mass is 369 g/mol. The van der Waals surface area contributed by atoms with E-state index in [0.29, 0.717) is 35.7 Å². The van der Waals surface area contributed by atoms with Crippen LogP contribution in [-0.2, 0) is 11.2 Å². The number of benzene rings is 1. The molecule has 2 atom stereocenters. The molecule has 2 aromatic heterocycles. The van der Waals surface area contributed by atoms with Gasteiger partial charge in [0.1, 0.15) is 18.8 Å². The highest BCUT2D eigenvalue weighted by atomic mass is 16.5. The van der Waals surface area contributed by atoms with E-state index in [2.05, 4.69) is 20.3 Å². The molecule has 3 aromatic rings. The van der Waals surface area contributed by atoms with Crippen molar-refractivity contribution in [3.05, 3.63) is 48.8 Å². The SMILES string of the molecule is COc1ccc(CCNc2ncnc3c2ncn3[C@@H]2OC=CC2O)cc1O. The minimum atomic E-state index is -0.753. The Balaban J connectivity index is 1.48. The van der Waals surface area contributed by atoms with Crippen molar-refractivity contribution in [1.29, 1.82) is 0 Å². The van der Waals surface area contributed by atoms with E-state index in [1.54, 1.807) is 29.1 Å². The molecule has 0 radical (unpaired) electrons. The zero-order valence-corrected chi connectivity index (χ0v) is 14.6. The smallest absolute Gasteiger partial charge is 0.207 e. The summed E-state index contributed by atoms with van der Waals surface area (Å²) in [6, 6.07) is 5.31. The van der Waals surface area contributed by atoms with Crippen molar-refractivity contribution in [2.45, 2.75) is 18.8 Å². The molecule has 9 heteroatoms. The molecule has 9 nitrogen and oxygen atoms in total. The highest BCUT2D eigenvalue weighted by molar-refractivity contribution is 5.82. The Kier molecular flexibility index (Phi) is 4.51. The lowest BCUT2D eigenvalue weighted by Crippen LogP contribution is -2.19. The minimum absolute atomic E-state index is 0.113. The van der Waals surface area contributed by atoms with Crippen LogP contribution in [0.1, 0.15) is 11.8 Å². The molecule has 0 aliphatic carbocycles. The summed E-state index contributed by atoms with van der Waals surface area (Å²) in [5, 5.41) is 23.1. The number of phenolic OH excluding ortho intramolecular Hbond substituents is 1. The maximum Gasteiger partial charge on any atom is 0.207 e. The van der Waals surface area contributed by atoms with Gasteiger partial charge in [-0.25, -0.2) is 15.0 Å². The molecule has 0 bridgehead atoms. The van der Waals surface area contributed by atoms with Crippen molar-refractivity contribution >= 4 is 17.0 Å². The maximum atomic E-state index is 9.97. The summed E-state index contributed by atoms with van der Waals surface area (Å²) < 4.78 is 12.1. The number of aliphatic hydroxyl groups is 1. The molecule has 3 heterocycles. The summed E-state index contributed by atoms with van der Waals surface area (Å²) in [5.41, 5.74) is 2.13. The second-order valence-electron chi connectivity index (χ2n) is 6.08. The van der Waals surface area contributed by atoms with Gasteiger partial charge in [0.15, 0.2) is 28.5 Å². The standard InChI is InChI=1S/C18H19N5O4/c1-26-14-3-2-11(8-13(14)25)4-6-19-16-15-17(21-9-20-16)23(10-22-15)18-12(24)5-7-27-18/h2-3,5,7-10,12,18,24-25H,4,6H2,1H3,(H,19,20,21)/t12?,18-/m1/s1. The van der Waals surface area contributed by atoms with Gasteiger partial charge in [0.25, 0.3) is 0 Å². The van der Waals surface area contributed by atoms with E-state index in [4.69, 9.17) is 9.47 Å². The number of aliphatic hydroxyl groups excluding tert-OH is 1. The number of nitrogens with zero attached hydrogens (tertiary/aromatic N) is 4. The molecule has 0 saturated heterocycles. The summed E-state index contributed by atoms with van der Waals surface area (Å²) in [4.78, 5) is 12.9. The van der Waals surface area contributed by atoms with Crippen LogP contribution >= 0.6 is 0 Å². The summed E-state index contributed by atoms with van der Waals surface area (Å²) >= 11 is 0. The van der Waals surface area contributed by atoms with E-state index >= 15 is 0 Å². The van der Waals surface area contributed by atoms with E-state index in [1.807, 2.05) is 6.07 Å². The van der Waals surface area contributed by atoms with Gasteiger partial charge in [0.05, 0.1) is 13.4 Å². The number of ether oxygens (including phenoxy) is 2. The first-order chi connectivity index (χ1) is 13.2. The number of rotatable bonds is 6. The predicted octanol–water partition coefficient (Wildman–Crippen LogP) is 1.60. The van der Waals surface area contributed by atoms with Gasteiger partial charge < -0.3 is 25.0 Å². The number of hydrogen-bond acceptors (Lipinski definition) is 8. The van der Waals surface area contributed by atoms with Crippen molar-refractivity contribution in [1.82, 2.24) is 19.5 Å². The molecular formula is C18H19N5O4. The van der Waals surface area contributed by atoms with Crippen LogP contribution in [-0.4, -0.2) is 49.5 Å². The molecule has 1 aromatic carbocycles. The number of methoxy groups -OCH3 is 1. The second-order valence-corrected chi connectivity index (χ2v) is 6.08. The number of fused-ring (bicyclic) bond motifs is 1. The van der Waals surface area contributed by atoms with Crippen molar-refractivity contribution in [3.63, 3.8) is 0 Å². The largest absolute Gasteiger partial charge is 0.504 e. The quantitative estimate of drug-likeness (QED) is 0.600. The van der Waals surface area contributed by atoms with Crippen molar-refractivity contribution in [2.75, 3.05) is 19.0 Å². The van der Waals surface area contributed by atoms with Crippen LogP contribution in [0.15, 0.2) is 43.2 Å². The van der Waals surface area contributed by atoms with Crippen LogP contribution in [0.25, 0.3) is 11.2 Å². The lowest BCUT2D eigenvalue weighted by molar-refractivity contribution is 0.0142. The first-order valence-electron chi connectivity index (χ1n) is 8.45. The van der Waals surface area contributed by atoms with Gasteiger partial charge in [-0.15, -0.1) is 0 Å². The van der Waals surface area contributed by atoms with Crippen LogP contribution in [0, 0.1) is 0 Å². The van der Waals surface area contributed by atoms with E-state index in [1.165, 1.54) is 19.7 Å². The zero-order valence-electron chi connectivity index (χ0n) is 14.6. The fraction of sp³-hybridized carbons (Fsp3) is 0.278. The molecule has 0 amide bonds. The number of hydrogen-bond donors (Lipinski definition) is 3. The van der Waals surface area contributed by atoms with Crippen LogP contribution in [0.3, 0.4) is 0 Å². The second kappa shape index (κ2) is 7.12. The van der Waals surface area contributed by atoms with Crippen LogP contribution in [0.5, 0.6) is 11.5 Å². The Morgan fingerprint density at radius 1 is 1.30 bits per heavy atom. The molecule has 140 valence electrons. The third-order valence-corrected chi connectivity index (χ3v) is 4.37. The predicted molar refractivity (Wildman–Crippen MR) is 97.4 cm³/mol. The molecule has 4 rings (SSSR count). The molecule has 1 unspecified atom stereocenters. The molecule has 27 heavy (non-hydrogen) atoms. The number of imidazole rings is 1. The van der Waals surface area contributed by atoms with Crippen LogP contribution in [0.4, 0.5) is 5.82 Å². The fourth-order valence-corrected chi connectivity index (χ4v) is 3.00. The third kappa shape index (κ3) is 3.24. The van der Waals surface area contributed by atoms with Gasteiger partial charge in [-0.3, -0.25) is 4.57 Å². The van der Waals surface area contributed by atoms with E-state index in [0.717, 1.165) is 5.56 Å². The maximum absolute atomic E-state index is 9.97. The average Bonchev–Trinajstić information content (AvgIpc) is 3.28. The van der Waals surface area contributed by atoms with Crippen LogP contribution in [0.2, 0.25) is 0 Å². The van der Waals surface area contributed by atoms with Crippen LogP contribution < -0.4 is 10.1 Å². The molecular weight excluding hydrogens is 350 g/mol. The molecule has 1 aliphatic heterocycles. The van der Waals surface area contributed by atoms with Gasteiger partial charge in [-0.2, -0.15) is 0 Å². The van der Waals surface area contributed by atoms with Crippen molar-refractivity contribution in [3.8, 4) is 11.5 Å². The van der Waals surface area contributed by atoms with Gasteiger partial charge in [0, 0.05) is 6.54 Å². The fourth-order valence-electron chi connectivity index (χ4n) is 3.00. The Morgan fingerprint density at radius 3 is 2.93 bits per heavy atom.